The summed E-state index contributed by atoms with van der Waals surface area (Å²) in [5.41, 5.74) is 0.575. The first-order valence-electron chi connectivity index (χ1n) is 7.76. The SMILES string of the molecule is O=C(O)C(=O)Nc1ccc(C(=O)O)cc1.O=C(O)C(=O)Nc1ccc(C(=O)O)cc1.[Cu+2]. The molecule has 0 bridgehead atoms. The van der Waals surface area contributed by atoms with Crippen molar-refractivity contribution < 1.29 is 66.3 Å². The van der Waals surface area contributed by atoms with Crippen LogP contribution in [0.5, 0.6) is 0 Å². The van der Waals surface area contributed by atoms with Crippen molar-refractivity contribution in [2.24, 2.45) is 0 Å². The minimum absolute atomic E-state index is 0. The minimum Gasteiger partial charge on any atom is -0.478 e. The first-order chi connectivity index (χ1) is 14.0. The van der Waals surface area contributed by atoms with Crippen LogP contribution in [0.2, 0.25) is 0 Å². The van der Waals surface area contributed by atoms with Crippen molar-refractivity contribution in [2.75, 3.05) is 10.6 Å². The van der Waals surface area contributed by atoms with Crippen LogP contribution >= 0.6 is 0 Å². The van der Waals surface area contributed by atoms with E-state index in [9.17, 15) is 28.8 Å². The van der Waals surface area contributed by atoms with Crippen LogP contribution in [0, 0.1) is 0 Å². The first-order valence-corrected chi connectivity index (χ1v) is 7.76. The number of hydrogen-bond donors (Lipinski definition) is 6. The third-order valence-electron chi connectivity index (χ3n) is 3.17. The van der Waals surface area contributed by atoms with Crippen LogP contribution in [-0.2, 0) is 36.2 Å². The number of amides is 2. The maximum atomic E-state index is 10.7. The van der Waals surface area contributed by atoms with Gasteiger partial charge in [0.25, 0.3) is 0 Å². The number of anilines is 2. The molecule has 0 fully saturated rings. The molecule has 0 heterocycles. The van der Waals surface area contributed by atoms with Crippen LogP contribution in [0.15, 0.2) is 48.5 Å². The van der Waals surface area contributed by atoms with Crippen LogP contribution in [0.1, 0.15) is 20.7 Å². The summed E-state index contributed by atoms with van der Waals surface area (Å²) < 4.78 is 0. The van der Waals surface area contributed by atoms with Gasteiger partial charge < -0.3 is 31.1 Å². The monoisotopic (exact) mass is 481 g/mol. The normalized spacial score (nSPS) is 9.03. The Morgan fingerprint density at radius 2 is 0.774 bits per heavy atom. The molecule has 0 aromatic heterocycles. The van der Waals surface area contributed by atoms with Gasteiger partial charge in [-0.3, -0.25) is 9.59 Å². The first kappa shape index (κ1) is 26.8. The van der Waals surface area contributed by atoms with Gasteiger partial charge in [-0.15, -0.1) is 0 Å². The van der Waals surface area contributed by atoms with Gasteiger partial charge in [-0.05, 0) is 48.5 Å². The Labute approximate surface area is 184 Å². The average molecular weight is 482 g/mol. The maximum absolute atomic E-state index is 10.7. The predicted molar refractivity (Wildman–Crippen MR) is 99.3 cm³/mol. The van der Waals surface area contributed by atoms with Gasteiger partial charge in [0.05, 0.1) is 11.1 Å². The molecule has 165 valence electrons. The summed E-state index contributed by atoms with van der Waals surface area (Å²) in [6, 6.07) is 10.3. The van der Waals surface area contributed by atoms with E-state index in [0.717, 1.165) is 0 Å². The smallest absolute Gasteiger partial charge is 0.478 e. The molecule has 0 saturated heterocycles. The van der Waals surface area contributed by atoms with E-state index in [1.54, 1.807) is 0 Å². The van der Waals surface area contributed by atoms with Crippen LogP contribution in [-0.4, -0.2) is 56.1 Å². The Hall–Kier alpha value is -4.22. The van der Waals surface area contributed by atoms with E-state index >= 15 is 0 Å². The molecule has 2 rings (SSSR count). The molecule has 2 aromatic carbocycles. The zero-order valence-electron chi connectivity index (χ0n) is 15.2. The molecule has 0 saturated carbocycles. The molecule has 2 amide bonds. The molecule has 0 atom stereocenters. The number of rotatable bonds is 4. The number of nitrogens with one attached hydrogen (secondary N) is 2. The summed E-state index contributed by atoms with van der Waals surface area (Å²) in [6.45, 7) is 0. The summed E-state index contributed by atoms with van der Waals surface area (Å²) in [4.78, 5) is 62.7. The fourth-order valence-electron chi connectivity index (χ4n) is 1.76. The summed E-state index contributed by atoms with van der Waals surface area (Å²) >= 11 is 0. The second-order valence-electron chi connectivity index (χ2n) is 5.28. The molecule has 6 N–H and O–H groups in total. The zero-order chi connectivity index (χ0) is 22.8. The number of benzene rings is 2. The van der Waals surface area contributed by atoms with Crippen molar-refractivity contribution in [3.8, 4) is 0 Å². The van der Waals surface area contributed by atoms with E-state index in [4.69, 9.17) is 20.4 Å². The van der Waals surface area contributed by atoms with Crippen molar-refractivity contribution in [2.45, 2.75) is 0 Å². The summed E-state index contributed by atoms with van der Waals surface area (Å²) in [6.07, 6.45) is 0. The quantitative estimate of drug-likeness (QED) is 0.267. The van der Waals surface area contributed by atoms with Crippen LogP contribution in [0.25, 0.3) is 0 Å². The molecule has 0 aliphatic carbocycles. The van der Waals surface area contributed by atoms with E-state index in [1.165, 1.54) is 48.5 Å². The van der Waals surface area contributed by atoms with Crippen molar-refractivity contribution in [1.29, 1.82) is 0 Å². The summed E-state index contributed by atoms with van der Waals surface area (Å²) in [5.74, 6) is -7.72. The predicted octanol–water partition coefficient (Wildman–Crippen LogP) is 0.813. The number of aromatic carboxylic acids is 2. The second kappa shape index (κ2) is 12.4. The Balaban J connectivity index is 0.000000562. The van der Waals surface area contributed by atoms with Crippen LogP contribution in [0.3, 0.4) is 0 Å². The van der Waals surface area contributed by atoms with E-state index in [2.05, 4.69) is 10.6 Å². The van der Waals surface area contributed by atoms with Gasteiger partial charge in [0, 0.05) is 11.4 Å². The van der Waals surface area contributed by atoms with E-state index < -0.39 is 35.7 Å². The Morgan fingerprint density at radius 1 is 0.516 bits per heavy atom. The molecule has 0 spiro atoms. The van der Waals surface area contributed by atoms with Crippen molar-refractivity contribution >= 4 is 47.1 Å². The third kappa shape index (κ3) is 9.21. The van der Waals surface area contributed by atoms with Crippen molar-refractivity contribution in [3.63, 3.8) is 0 Å². The molecule has 2 aromatic rings. The van der Waals surface area contributed by atoms with Crippen molar-refractivity contribution in [1.82, 2.24) is 0 Å². The Morgan fingerprint density at radius 3 is 0.968 bits per heavy atom. The third-order valence-corrected chi connectivity index (χ3v) is 3.17. The number of hydrogen-bond acceptors (Lipinski definition) is 6. The van der Waals surface area contributed by atoms with Gasteiger partial charge in [-0.25, -0.2) is 19.2 Å². The molecule has 12 nitrogen and oxygen atoms in total. The van der Waals surface area contributed by atoms with E-state index in [0.29, 0.717) is 0 Å². The fraction of sp³-hybridized carbons (Fsp3) is 0. The number of carbonyl (C=O) groups excluding carboxylic acids is 2. The van der Waals surface area contributed by atoms with Crippen molar-refractivity contribution in [3.05, 3.63) is 59.7 Å². The fourth-order valence-corrected chi connectivity index (χ4v) is 1.76. The number of aliphatic carboxylic acids is 2. The Kier molecular flexibility index (Phi) is 10.7. The van der Waals surface area contributed by atoms with Gasteiger partial charge >= 0.3 is 52.8 Å². The zero-order valence-corrected chi connectivity index (χ0v) is 16.1. The molecule has 31 heavy (non-hydrogen) atoms. The average Bonchev–Trinajstić information content (AvgIpc) is 2.69. The van der Waals surface area contributed by atoms with E-state index in [-0.39, 0.29) is 39.6 Å². The van der Waals surface area contributed by atoms with Gasteiger partial charge in [0.1, 0.15) is 0 Å². The summed E-state index contributed by atoms with van der Waals surface area (Å²) in [7, 11) is 0. The largest absolute Gasteiger partial charge is 2.00 e. The minimum atomic E-state index is -1.60. The topological polar surface area (TPSA) is 207 Å². The number of carboxylic acids is 4. The molecule has 1 radical (unpaired) electrons. The standard InChI is InChI=1S/2C9H7NO5.Cu/c2*11-7(9(14)15)10-6-3-1-5(2-4-6)8(12)13;/h2*1-4H,(H,10,11)(H,12,13)(H,14,15);/q;;+2. The number of carbonyl (C=O) groups is 6. The van der Waals surface area contributed by atoms with E-state index in [1.807, 2.05) is 0 Å². The molecule has 0 aliphatic heterocycles. The molecule has 0 unspecified atom stereocenters. The van der Waals surface area contributed by atoms with Gasteiger partial charge in [-0.1, -0.05) is 0 Å². The van der Waals surface area contributed by atoms with Gasteiger partial charge in [-0.2, -0.15) is 0 Å². The van der Waals surface area contributed by atoms with Gasteiger partial charge in [0.15, 0.2) is 0 Å². The van der Waals surface area contributed by atoms with Crippen LogP contribution in [0.4, 0.5) is 11.4 Å². The summed E-state index contributed by atoms with van der Waals surface area (Å²) in [5, 5.41) is 37.8. The molecular formula is C18H14CuN2O10+2. The Bertz CT molecular complexity index is 906. The second-order valence-corrected chi connectivity index (χ2v) is 5.28. The van der Waals surface area contributed by atoms with Crippen LogP contribution < -0.4 is 10.6 Å². The maximum Gasteiger partial charge on any atom is 2.00 e. The molecule has 0 aliphatic rings. The molecular weight excluding hydrogens is 468 g/mol. The van der Waals surface area contributed by atoms with Gasteiger partial charge in [0.2, 0.25) is 0 Å². The number of carboxylic acid groups (broad SMARTS) is 4. The molecule has 13 heteroatoms.